The van der Waals surface area contributed by atoms with Gasteiger partial charge in [-0.3, -0.25) is 10.1 Å². The highest BCUT2D eigenvalue weighted by Gasteiger charge is 2.17. The summed E-state index contributed by atoms with van der Waals surface area (Å²) < 4.78 is 29.6. The number of rotatable bonds is 7. The molecule has 0 saturated heterocycles. The zero-order chi connectivity index (χ0) is 21.0. The van der Waals surface area contributed by atoms with Gasteiger partial charge >= 0.3 is 6.01 Å². The van der Waals surface area contributed by atoms with Crippen LogP contribution in [-0.4, -0.2) is 35.5 Å². The molecule has 0 spiro atoms. The number of nitrogens with one attached hydrogen (secondary N) is 1. The van der Waals surface area contributed by atoms with Crippen LogP contribution in [0, 0.1) is 0 Å². The van der Waals surface area contributed by atoms with Crippen molar-refractivity contribution in [2.24, 2.45) is 0 Å². The summed E-state index contributed by atoms with van der Waals surface area (Å²) >= 11 is 1.72. The van der Waals surface area contributed by atoms with E-state index < -0.39 is 15.7 Å². The summed E-state index contributed by atoms with van der Waals surface area (Å²) in [6, 6.07) is 13.5. The van der Waals surface area contributed by atoms with Crippen LogP contribution >= 0.6 is 11.8 Å². The largest absolute Gasteiger partial charge is 0.403 e. The Bertz CT molecular complexity index is 1120. The lowest BCUT2D eigenvalue weighted by molar-refractivity contribution is 0.102. The van der Waals surface area contributed by atoms with Gasteiger partial charge in [0.05, 0.1) is 10.6 Å². The average molecular weight is 432 g/mol. The fourth-order valence-corrected chi connectivity index (χ4v) is 4.35. The van der Waals surface area contributed by atoms with E-state index in [1.54, 1.807) is 18.7 Å². The van der Waals surface area contributed by atoms with Gasteiger partial charge in [-0.2, -0.15) is 0 Å². The van der Waals surface area contributed by atoms with Crippen LogP contribution < -0.4 is 5.32 Å². The molecule has 0 aliphatic heterocycles. The number of benzene rings is 2. The van der Waals surface area contributed by atoms with Crippen LogP contribution in [-0.2, 0) is 9.84 Å². The number of nitrogens with zero attached hydrogens (tertiary/aromatic N) is 2. The minimum atomic E-state index is -3.41. The van der Waals surface area contributed by atoms with Gasteiger partial charge in [-0.15, -0.1) is 16.9 Å². The molecule has 1 heterocycles. The van der Waals surface area contributed by atoms with Crippen molar-refractivity contribution < 1.29 is 17.6 Å². The third kappa shape index (κ3) is 5.24. The fourth-order valence-electron chi connectivity index (χ4n) is 2.53. The Morgan fingerprint density at radius 3 is 2.62 bits per heavy atom. The lowest BCUT2D eigenvalue weighted by Crippen LogP contribution is -2.13. The van der Waals surface area contributed by atoms with E-state index >= 15 is 0 Å². The summed E-state index contributed by atoms with van der Waals surface area (Å²) in [5.74, 6) is -0.287. The van der Waals surface area contributed by atoms with Gasteiger partial charge in [0.25, 0.3) is 5.91 Å². The van der Waals surface area contributed by atoms with Crippen molar-refractivity contribution in [2.75, 3.05) is 11.1 Å². The molecular formula is C20H21N3O4S2. The second-order valence-electron chi connectivity index (χ2n) is 6.49. The van der Waals surface area contributed by atoms with E-state index in [9.17, 15) is 13.2 Å². The van der Waals surface area contributed by atoms with Crippen LogP contribution in [0.2, 0.25) is 0 Å². The number of hydrogen-bond donors (Lipinski definition) is 1. The molecule has 1 aromatic heterocycles. The van der Waals surface area contributed by atoms with Gasteiger partial charge in [-0.1, -0.05) is 38.0 Å². The van der Waals surface area contributed by atoms with Crippen molar-refractivity contribution in [3.8, 4) is 11.5 Å². The lowest BCUT2D eigenvalue weighted by atomic mass is 10.2. The van der Waals surface area contributed by atoms with Crippen LogP contribution in [0.3, 0.4) is 0 Å². The summed E-state index contributed by atoms with van der Waals surface area (Å²) in [5.41, 5.74) is 0.939. The Hall–Kier alpha value is -2.65. The predicted octanol–water partition coefficient (Wildman–Crippen LogP) is 4.28. The maximum absolute atomic E-state index is 12.5. The van der Waals surface area contributed by atoms with Crippen molar-refractivity contribution >= 4 is 33.5 Å². The molecule has 0 atom stereocenters. The first-order valence-electron chi connectivity index (χ1n) is 9.03. The van der Waals surface area contributed by atoms with Gasteiger partial charge < -0.3 is 4.42 Å². The molecule has 0 fully saturated rings. The van der Waals surface area contributed by atoms with E-state index in [2.05, 4.69) is 29.4 Å². The first-order valence-corrected chi connectivity index (χ1v) is 11.6. The molecule has 0 bridgehead atoms. The second kappa shape index (κ2) is 8.79. The Balaban J connectivity index is 1.77. The molecule has 7 nitrogen and oxygen atoms in total. The van der Waals surface area contributed by atoms with Crippen molar-refractivity contribution in [3.05, 3.63) is 54.1 Å². The molecule has 1 N–H and O–H groups in total. The van der Waals surface area contributed by atoms with E-state index in [4.69, 9.17) is 4.42 Å². The minimum Gasteiger partial charge on any atom is -0.403 e. The summed E-state index contributed by atoms with van der Waals surface area (Å²) in [6.07, 6.45) is 0. The van der Waals surface area contributed by atoms with Gasteiger partial charge in [0.2, 0.25) is 5.89 Å². The SMILES string of the molecule is CCS(=O)(=O)c1cccc(C(=O)Nc2nnc(-c3cccc(SC(C)C)c3)o2)c1. The minimum absolute atomic E-state index is 0.0424. The zero-order valence-corrected chi connectivity index (χ0v) is 17.9. The monoisotopic (exact) mass is 431 g/mol. The smallest absolute Gasteiger partial charge is 0.322 e. The molecule has 0 aliphatic rings. The number of thioether (sulfide) groups is 1. The standard InChI is InChI=1S/C20H21N3O4S2/c1-4-29(25,26)17-10-6-7-14(12-17)18(24)21-20-23-22-19(27-20)15-8-5-9-16(11-15)28-13(2)3/h5-13H,4H2,1-3H3,(H,21,23,24). The van der Waals surface area contributed by atoms with Crippen molar-refractivity contribution in [2.45, 2.75) is 35.8 Å². The molecule has 0 aliphatic carbocycles. The van der Waals surface area contributed by atoms with Crippen molar-refractivity contribution in [1.29, 1.82) is 0 Å². The summed E-state index contributed by atoms with van der Waals surface area (Å²) in [5, 5.41) is 10.8. The zero-order valence-electron chi connectivity index (χ0n) is 16.2. The highest BCUT2D eigenvalue weighted by molar-refractivity contribution is 7.99. The number of carbonyl (C=O) groups excluding carboxylic acids is 1. The summed E-state index contributed by atoms with van der Waals surface area (Å²) in [4.78, 5) is 13.6. The van der Waals surface area contributed by atoms with Gasteiger partial charge in [0.1, 0.15) is 0 Å². The molecule has 3 rings (SSSR count). The fraction of sp³-hybridized carbons (Fsp3) is 0.250. The summed E-state index contributed by atoms with van der Waals surface area (Å²) in [7, 11) is -3.41. The van der Waals surface area contributed by atoms with E-state index in [0.717, 1.165) is 10.5 Å². The predicted molar refractivity (Wildman–Crippen MR) is 113 cm³/mol. The van der Waals surface area contributed by atoms with Crippen LogP contribution in [0.4, 0.5) is 6.01 Å². The Labute approximate surface area is 173 Å². The van der Waals surface area contributed by atoms with Crippen molar-refractivity contribution in [1.82, 2.24) is 10.2 Å². The molecule has 152 valence electrons. The van der Waals surface area contributed by atoms with E-state index in [-0.39, 0.29) is 28.1 Å². The molecule has 29 heavy (non-hydrogen) atoms. The number of amides is 1. The van der Waals surface area contributed by atoms with E-state index in [0.29, 0.717) is 5.25 Å². The molecule has 0 unspecified atom stereocenters. The quantitative estimate of drug-likeness (QED) is 0.557. The normalized spacial score (nSPS) is 11.6. The molecule has 2 aromatic carbocycles. The third-order valence-electron chi connectivity index (χ3n) is 3.93. The maximum Gasteiger partial charge on any atom is 0.322 e. The van der Waals surface area contributed by atoms with E-state index in [1.165, 1.54) is 24.3 Å². The maximum atomic E-state index is 12.5. The molecular weight excluding hydrogens is 410 g/mol. The number of hydrogen-bond acceptors (Lipinski definition) is 7. The van der Waals surface area contributed by atoms with Gasteiger partial charge in [-0.25, -0.2) is 8.42 Å². The Morgan fingerprint density at radius 1 is 1.14 bits per heavy atom. The Kier molecular flexibility index (Phi) is 6.39. The van der Waals surface area contributed by atoms with Crippen LogP contribution in [0.15, 0.2) is 62.7 Å². The third-order valence-corrected chi connectivity index (χ3v) is 6.66. The van der Waals surface area contributed by atoms with Gasteiger partial charge in [0.15, 0.2) is 9.84 Å². The van der Waals surface area contributed by atoms with Crippen molar-refractivity contribution in [3.63, 3.8) is 0 Å². The van der Waals surface area contributed by atoms with Gasteiger partial charge in [-0.05, 0) is 36.4 Å². The number of carbonyl (C=O) groups is 1. The van der Waals surface area contributed by atoms with Crippen LogP contribution in [0.5, 0.6) is 0 Å². The first-order chi connectivity index (χ1) is 13.8. The molecule has 9 heteroatoms. The average Bonchev–Trinajstić information content (AvgIpc) is 3.16. The topological polar surface area (TPSA) is 102 Å². The highest BCUT2D eigenvalue weighted by atomic mass is 32.2. The Morgan fingerprint density at radius 2 is 1.90 bits per heavy atom. The molecule has 3 aromatic rings. The van der Waals surface area contributed by atoms with E-state index in [1.807, 2.05) is 24.3 Å². The molecule has 1 amide bonds. The van der Waals surface area contributed by atoms with Gasteiger partial charge in [0, 0.05) is 21.3 Å². The van der Waals surface area contributed by atoms with Crippen LogP contribution in [0.1, 0.15) is 31.1 Å². The number of anilines is 1. The van der Waals surface area contributed by atoms with Crippen LogP contribution in [0.25, 0.3) is 11.5 Å². The molecule has 0 radical (unpaired) electrons. The second-order valence-corrected chi connectivity index (χ2v) is 10.4. The number of sulfone groups is 1. The number of aromatic nitrogens is 2. The summed E-state index contributed by atoms with van der Waals surface area (Å²) in [6.45, 7) is 5.77. The lowest BCUT2D eigenvalue weighted by Gasteiger charge is -2.05. The highest BCUT2D eigenvalue weighted by Crippen LogP contribution is 2.28. The molecule has 0 saturated carbocycles. The first kappa shape index (κ1) is 21.1.